The Balaban J connectivity index is 2.98. The van der Waals surface area contributed by atoms with E-state index in [4.69, 9.17) is 16.3 Å². The van der Waals surface area contributed by atoms with Gasteiger partial charge in [0.1, 0.15) is 11.1 Å². The van der Waals surface area contributed by atoms with Crippen molar-refractivity contribution in [3.05, 3.63) is 29.8 Å². The van der Waals surface area contributed by atoms with Gasteiger partial charge in [0, 0.05) is 12.0 Å². The second kappa shape index (κ2) is 5.90. The Bertz CT molecular complexity index is 361. The molecule has 0 amide bonds. The number of benzene rings is 1. The molecular weight excluding hydrogens is 224 g/mol. The van der Waals surface area contributed by atoms with Crippen LogP contribution in [0.1, 0.15) is 38.1 Å². The summed E-state index contributed by atoms with van der Waals surface area (Å²) in [6.07, 6.45) is 0.506. The van der Waals surface area contributed by atoms with Crippen molar-refractivity contribution in [2.24, 2.45) is 0 Å². The molecule has 2 nitrogen and oxygen atoms in total. The molecule has 0 saturated carbocycles. The van der Waals surface area contributed by atoms with Crippen molar-refractivity contribution in [2.45, 2.75) is 38.7 Å². The summed E-state index contributed by atoms with van der Waals surface area (Å²) in [5.41, 5.74) is 0.754. The van der Waals surface area contributed by atoms with E-state index < -0.39 is 5.38 Å². The first-order chi connectivity index (χ1) is 7.56. The third-order valence-corrected chi connectivity index (χ3v) is 2.66. The molecule has 0 aliphatic carbocycles. The molecule has 1 rings (SSSR count). The maximum absolute atomic E-state index is 11.6. The molecule has 0 spiro atoms. The van der Waals surface area contributed by atoms with E-state index in [2.05, 4.69) is 0 Å². The fraction of sp³-hybridized carbons (Fsp3) is 0.462. The smallest absolute Gasteiger partial charge is 0.155 e. The maximum Gasteiger partial charge on any atom is 0.155 e. The summed E-state index contributed by atoms with van der Waals surface area (Å²) in [7, 11) is 0. The van der Waals surface area contributed by atoms with Gasteiger partial charge in [-0.25, -0.2) is 0 Å². The lowest BCUT2D eigenvalue weighted by Gasteiger charge is -2.16. The molecule has 0 aliphatic heterocycles. The molecule has 0 radical (unpaired) electrons. The van der Waals surface area contributed by atoms with Crippen LogP contribution in [0.15, 0.2) is 24.3 Å². The van der Waals surface area contributed by atoms with E-state index in [-0.39, 0.29) is 11.9 Å². The van der Waals surface area contributed by atoms with Crippen LogP contribution >= 0.6 is 11.6 Å². The molecular formula is C13H17ClO2. The van der Waals surface area contributed by atoms with Gasteiger partial charge in [0.2, 0.25) is 0 Å². The standard InChI is InChI=1S/C13H17ClO2/c1-4-11(15)13(14)10-7-5-6-8-12(10)16-9(2)3/h5-9,13H,4H2,1-3H3. The number of para-hydroxylation sites is 1. The molecule has 16 heavy (non-hydrogen) atoms. The quantitative estimate of drug-likeness (QED) is 0.733. The summed E-state index contributed by atoms with van der Waals surface area (Å²) in [6, 6.07) is 7.42. The summed E-state index contributed by atoms with van der Waals surface area (Å²) in [5, 5.41) is -0.611. The van der Waals surface area contributed by atoms with Gasteiger partial charge in [-0.1, -0.05) is 25.1 Å². The SMILES string of the molecule is CCC(=O)C(Cl)c1ccccc1OC(C)C. The Morgan fingerprint density at radius 1 is 1.38 bits per heavy atom. The monoisotopic (exact) mass is 240 g/mol. The zero-order chi connectivity index (χ0) is 12.1. The first kappa shape index (κ1) is 13.0. The lowest BCUT2D eigenvalue weighted by atomic mass is 10.1. The number of halogens is 1. The summed E-state index contributed by atoms with van der Waals surface area (Å²) >= 11 is 6.12. The summed E-state index contributed by atoms with van der Waals surface area (Å²) in [4.78, 5) is 11.6. The topological polar surface area (TPSA) is 26.3 Å². The third kappa shape index (κ3) is 3.24. The van der Waals surface area contributed by atoms with E-state index in [0.717, 1.165) is 5.56 Å². The number of Topliss-reactive ketones (excluding diaryl/α,β-unsaturated/α-hetero) is 1. The highest BCUT2D eigenvalue weighted by Gasteiger charge is 2.19. The van der Waals surface area contributed by atoms with Gasteiger partial charge in [0.25, 0.3) is 0 Å². The number of carbonyl (C=O) groups is 1. The van der Waals surface area contributed by atoms with Crippen molar-refractivity contribution in [3.8, 4) is 5.75 Å². The minimum Gasteiger partial charge on any atom is -0.491 e. The fourth-order valence-corrected chi connectivity index (χ4v) is 1.74. The molecule has 1 aromatic rings. The highest BCUT2D eigenvalue weighted by atomic mass is 35.5. The van der Waals surface area contributed by atoms with Crippen LogP contribution in [0.5, 0.6) is 5.75 Å². The van der Waals surface area contributed by atoms with Crippen molar-refractivity contribution in [2.75, 3.05) is 0 Å². The van der Waals surface area contributed by atoms with Gasteiger partial charge in [0.15, 0.2) is 5.78 Å². The zero-order valence-electron chi connectivity index (χ0n) is 9.87. The molecule has 0 saturated heterocycles. The van der Waals surface area contributed by atoms with E-state index in [0.29, 0.717) is 12.2 Å². The number of alkyl halides is 1. The van der Waals surface area contributed by atoms with Gasteiger partial charge in [-0.3, -0.25) is 4.79 Å². The van der Waals surface area contributed by atoms with Crippen LogP contribution in [-0.2, 0) is 4.79 Å². The summed E-state index contributed by atoms with van der Waals surface area (Å²) in [6.45, 7) is 5.70. The molecule has 0 heterocycles. The van der Waals surface area contributed by atoms with Crippen LogP contribution in [0.25, 0.3) is 0 Å². The number of ether oxygens (including phenoxy) is 1. The highest BCUT2D eigenvalue weighted by molar-refractivity contribution is 6.31. The van der Waals surface area contributed by atoms with Gasteiger partial charge in [-0.2, -0.15) is 0 Å². The number of carbonyl (C=O) groups excluding carboxylic acids is 1. The van der Waals surface area contributed by atoms with Crippen LogP contribution in [0, 0.1) is 0 Å². The number of rotatable bonds is 5. The van der Waals surface area contributed by atoms with E-state index >= 15 is 0 Å². The van der Waals surface area contributed by atoms with Crippen LogP contribution in [0.3, 0.4) is 0 Å². The number of hydrogen-bond acceptors (Lipinski definition) is 2. The van der Waals surface area contributed by atoms with Crippen molar-refractivity contribution in [3.63, 3.8) is 0 Å². The number of hydrogen-bond donors (Lipinski definition) is 0. The van der Waals surface area contributed by atoms with Crippen LogP contribution in [-0.4, -0.2) is 11.9 Å². The Kier molecular flexibility index (Phi) is 4.81. The lowest BCUT2D eigenvalue weighted by Crippen LogP contribution is -2.11. The fourth-order valence-electron chi connectivity index (χ4n) is 1.40. The molecule has 3 heteroatoms. The summed E-state index contributed by atoms with van der Waals surface area (Å²) < 4.78 is 5.62. The molecule has 1 aromatic carbocycles. The highest BCUT2D eigenvalue weighted by Crippen LogP contribution is 2.31. The van der Waals surface area contributed by atoms with E-state index in [9.17, 15) is 4.79 Å². The van der Waals surface area contributed by atoms with Crippen LogP contribution in [0.4, 0.5) is 0 Å². The zero-order valence-corrected chi connectivity index (χ0v) is 10.6. The Labute approximate surface area is 102 Å². The predicted molar refractivity (Wildman–Crippen MR) is 66.1 cm³/mol. The van der Waals surface area contributed by atoms with Gasteiger partial charge < -0.3 is 4.74 Å². The van der Waals surface area contributed by atoms with Crippen molar-refractivity contribution in [1.29, 1.82) is 0 Å². The summed E-state index contributed by atoms with van der Waals surface area (Å²) in [5.74, 6) is 0.709. The van der Waals surface area contributed by atoms with Gasteiger partial charge in [-0.15, -0.1) is 11.6 Å². The van der Waals surface area contributed by atoms with Crippen molar-refractivity contribution in [1.82, 2.24) is 0 Å². The predicted octanol–water partition coefficient (Wildman–Crippen LogP) is 3.73. The normalized spacial score (nSPS) is 12.6. The van der Waals surface area contributed by atoms with Crippen molar-refractivity contribution >= 4 is 17.4 Å². The van der Waals surface area contributed by atoms with Gasteiger partial charge >= 0.3 is 0 Å². The Morgan fingerprint density at radius 2 is 2.00 bits per heavy atom. The molecule has 1 atom stereocenters. The number of ketones is 1. The Morgan fingerprint density at radius 3 is 2.56 bits per heavy atom. The molecule has 1 unspecified atom stereocenters. The molecule has 0 aliphatic rings. The maximum atomic E-state index is 11.6. The Hall–Kier alpha value is -1.02. The van der Waals surface area contributed by atoms with E-state index in [1.54, 1.807) is 0 Å². The van der Waals surface area contributed by atoms with Crippen LogP contribution in [0.2, 0.25) is 0 Å². The molecule has 0 N–H and O–H groups in total. The largest absolute Gasteiger partial charge is 0.491 e. The van der Waals surface area contributed by atoms with Crippen LogP contribution < -0.4 is 4.74 Å². The average molecular weight is 241 g/mol. The van der Waals surface area contributed by atoms with E-state index in [1.165, 1.54) is 0 Å². The van der Waals surface area contributed by atoms with E-state index in [1.807, 2.05) is 45.0 Å². The molecule has 88 valence electrons. The third-order valence-electron chi connectivity index (χ3n) is 2.19. The minimum absolute atomic E-state index is 0.0153. The molecule has 0 aromatic heterocycles. The first-order valence-corrected chi connectivity index (χ1v) is 5.92. The van der Waals surface area contributed by atoms with Crippen molar-refractivity contribution < 1.29 is 9.53 Å². The second-order valence-corrected chi connectivity index (χ2v) is 4.32. The second-order valence-electron chi connectivity index (χ2n) is 3.89. The lowest BCUT2D eigenvalue weighted by molar-refractivity contribution is -0.118. The van der Waals surface area contributed by atoms with Gasteiger partial charge in [0.05, 0.1) is 6.10 Å². The molecule has 0 bridgehead atoms. The average Bonchev–Trinajstić information content (AvgIpc) is 2.27. The molecule has 0 fully saturated rings. The van der Waals surface area contributed by atoms with Gasteiger partial charge in [-0.05, 0) is 19.9 Å². The minimum atomic E-state index is -0.611. The first-order valence-electron chi connectivity index (χ1n) is 5.48.